The highest BCUT2D eigenvalue weighted by atomic mass is 16.2. The number of fused-ring (bicyclic) bond motifs is 1. The van der Waals surface area contributed by atoms with Gasteiger partial charge in [0, 0.05) is 38.4 Å². The van der Waals surface area contributed by atoms with E-state index in [0.717, 1.165) is 39.0 Å². The number of piperidine rings is 1. The number of rotatable bonds is 1. The Morgan fingerprint density at radius 3 is 2.73 bits per heavy atom. The van der Waals surface area contributed by atoms with Crippen molar-refractivity contribution in [2.45, 2.75) is 32.4 Å². The number of likely N-dealkylation sites (tertiary alicyclic amines) is 1. The van der Waals surface area contributed by atoms with E-state index in [1.54, 1.807) is 0 Å². The summed E-state index contributed by atoms with van der Waals surface area (Å²) < 4.78 is 0. The van der Waals surface area contributed by atoms with Crippen LogP contribution in [0.4, 0.5) is 5.69 Å². The van der Waals surface area contributed by atoms with Crippen LogP contribution in [0.1, 0.15) is 25.3 Å². The summed E-state index contributed by atoms with van der Waals surface area (Å²) in [4.78, 5) is 19.7. The molecule has 1 amide bonds. The molecule has 0 aliphatic carbocycles. The second kappa shape index (κ2) is 6.29. The first-order valence-corrected chi connectivity index (χ1v) is 8.34. The zero-order valence-corrected chi connectivity index (χ0v) is 14.0. The van der Waals surface area contributed by atoms with E-state index in [0.29, 0.717) is 5.91 Å². The monoisotopic (exact) mass is 301 g/mol. The van der Waals surface area contributed by atoms with E-state index in [1.807, 2.05) is 0 Å². The lowest BCUT2D eigenvalue weighted by Crippen LogP contribution is -2.48. The fraction of sp³-hybridized carbons (Fsp3) is 0.611. The Morgan fingerprint density at radius 2 is 1.95 bits per heavy atom. The molecule has 120 valence electrons. The lowest BCUT2D eigenvalue weighted by molar-refractivity contribution is -0.139. The molecule has 4 nitrogen and oxygen atoms in total. The van der Waals surface area contributed by atoms with Gasteiger partial charge in [0.05, 0.1) is 5.92 Å². The fourth-order valence-corrected chi connectivity index (χ4v) is 3.85. The number of anilines is 1. The van der Waals surface area contributed by atoms with Gasteiger partial charge in [-0.3, -0.25) is 4.79 Å². The molecule has 2 aliphatic rings. The predicted molar refractivity (Wildman–Crippen MR) is 89.9 cm³/mol. The molecule has 1 aromatic carbocycles. The number of para-hydroxylation sites is 1. The Balaban J connectivity index is 1.82. The Morgan fingerprint density at radius 1 is 1.18 bits per heavy atom. The van der Waals surface area contributed by atoms with Crippen LogP contribution in [0.25, 0.3) is 0 Å². The second-order valence-corrected chi connectivity index (χ2v) is 6.93. The minimum atomic E-state index is 0.164. The Kier molecular flexibility index (Phi) is 4.39. The van der Waals surface area contributed by atoms with Gasteiger partial charge in [-0.25, -0.2) is 0 Å². The average molecular weight is 301 g/mol. The molecule has 0 unspecified atom stereocenters. The molecule has 2 heterocycles. The third-order valence-electron chi connectivity index (χ3n) is 5.07. The number of hydrogen-bond acceptors (Lipinski definition) is 3. The molecule has 0 saturated carbocycles. The highest BCUT2D eigenvalue weighted by molar-refractivity contribution is 5.80. The fourth-order valence-electron chi connectivity index (χ4n) is 3.85. The van der Waals surface area contributed by atoms with Crippen molar-refractivity contribution in [2.75, 3.05) is 38.6 Å². The Hall–Kier alpha value is -1.55. The topological polar surface area (TPSA) is 26.8 Å². The van der Waals surface area contributed by atoms with Crippen molar-refractivity contribution < 1.29 is 4.79 Å². The smallest absolute Gasteiger partial charge is 0.227 e. The zero-order chi connectivity index (χ0) is 15.7. The molecule has 0 N–H and O–H groups in total. The Bertz CT molecular complexity index is 545. The van der Waals surface area contributed by atoms with Gasteiger partial charge in [0.25, 0.3) is 0 Å². The predicted octanol–water partition coefficient (Wildman–Crippen LogP) is 2.20. The molecular formula is C18H27N3O. The normalized spacial score (nSPS) is 26.5. The summed E-state index contributed by atoms with van der Waals surface area (Å²) in [7, 11) is 4.24. The van der Waals surface area contributed by atoms with Crippen LogP contribution in [0, 0.1) is 5.92 Å². The quantitative estimate of drug-likeness (QED) is 0.795. The van der Waals surface area contributed by atoms with Gasteiger partial charge in [-0.05, 0) is 45.0 Å². The summed E-state index contributed by atoms with van der Waals surface area (Å²) in [5.41, 5.74) is 2.51. The van der Waals surface area contributed by atoms with Crippen molar-refractivity contribution in [1.29, 1.82) is 0 Å². The van der Waals surface area contributed by atoms with Crippen LogP contribution in [0.15, 0.2) is 24.3 Å². The first-order valence-electron chi connectivity index (χ1n) is 8.34. The van der Waals surface area contributed by atoms with Gasteiger partial charge in [-0.2, -0.15) is 0 Å². The van der Waals surface area contributed by atoms with Crippen molar-refractivity contribution in [3.63, 3.8) is 0 Å². The maximum Gasteiger partial charge on any atom is 0.227 e. The molecule has 1 aromatic rings. The van der Waals surface area contributed by atoms with E-state index in [4.69, 9.17) is 0 Å². The molecule has 0 spiro atoms. The first kappa shape index (κ1) is 15.3. The summed E-state index contributed by atoms with van der Waals surface area (Å²) in [5.74, 6) is 0.501. The number of nitrogens with zero attached hydrogens (tertiary/aromatic N) is 3. The van der Waals surface area contributed by atoms with Crippen LogP contribution in [0.3, 0.4) is 0 Å². The zero-order valence-electron chi connectivity index (χ0n) is 14.0. The maximum absolute atomic E-state index is 13.1. The number of carbonyl (C=O) groups excluding carboxylic acids is 1. The summed E-state index contributed by atoms with van der Waals surface area (Å²) in [6.07, 6.45) is 2.16. The highest BCUT2D eigenvalue weighted by Crippen LogP contribution is 2.28. The SMILES string of the molecule is C[C@H]1CN(C)c2ccccc2CN1C(=O)[C@@H]1CCCN(C)C1. The maximum atomic E-state index is 13.1. The molecule has 2 atom stereocenters. The number of amides is 1. The van der Waals surface area contributed by atoms with E-state index in [2.05, 4.69) is 60.0 Å². The molecule has 1 fully saturated rings. The number of benzene rings is 1. The van der Waals surface area contributed by atoms with Crippen LogP contribution in [0.5, 0.6) is 0 Å². The van der Waals surface area contributed by atoms with Crippen molar-refractivity contribution >= 4 is 11.6 Å². The third kappa shape index (κ3) is 2.98. The van der Waals surface area contributed by atoms with Gasteiger partial charge in [0.2, 0.25) is 5.91 Å². The third-order valence-corrected chi connectivity index (χ3v) is 5.07. The number of carbonyl (C=O) groups is 1. The summed E-state index contributed by atoms with van der Waals surface area (Å²) in [5, 5.41) is 0. The van der Waals surface area contributed by atoms with Crippen molar-refractivity contribution in [3.8, 4) is 0 Å². The largest absolute Gasteiger partial charge is 0.372 e. The molecular weight excluding hydrogens is 274 g/mol. The molecule has 1 saturated heterocycles. The lowest BCUT2D eigenvalue weighted by Gasteiger charge is -2.35. The van der Waals surface area contributed by atoms with Crippen molar-refractivity contribution in [3.05, 3.63) is 29.8 Å². The van der Waals surface area contributed by atoms with E-state index in [-0.39, 0.29) is 12.0 Å². The number of hydrogen-bond donors (Lipinski definition) is 0. The molecule has 4 heteroatoms. The Labute approximate surface area is 133 Å². The molecule has 2 aliphatic heterocycles. The summed E-state index contributed by atoms with van der Waals surface area (Å²) in [6.45, 7) is 5.82. The average Bonchev–Trinajstić information content (AvgIpc) is 2.63. The minimum Gasteiger partial charge on any atom is -0.372 e. The molecule has 0 aromatic heterocycles. The molecule has 0 bridgehead atoms. The van der Waals surface area contributed by atoms with E-state index in [9.17, 15) is 4.79 Å². The van der Waals surface area contributed by atoms with Crippen molar-refractivity contribution in [2.24, 2.45) is 5.92 Å². The van der Waals surface area contributed by atoms with E-state index >= 15 is 0 Å². The number of likely N-dealkylation sites (N-methyl/N-ethyl adjacent to an activating group) is 1. The minimum absolute atomic E-state index is 0.164. The van der Waals surface area contributed by atoms with Gasteiger partial charge in [0.15, 0.2) is 0 Å². The standard InChI is InChI=1S/C18H27N3O/c1-14-11-20(3)17-9-5-4-7-15(17)13-21(14)18(22)16-8-6-10-19(2)12-16/h4-5,7,9,14,16H,6,8,10-13H2,1-3H3/t14-,16+/m0/s1. The van der Waals surface area contributed by atoms with Gasteiger partial charge >= 0.3 is 0 Å². The first-order chi connectivity index (χ1) is 10.6. The van der Waals surface area contributed by atoms with E-state index < -0.39 is 0 Å². The lowest BCUT2D eigenvalue weighted by atomic mass is 9.96. The highest BCUT2D eigenvalue weighted by Gasteiger charge is 2.32. The molecule has 0 radical (unpaired) electrons. The van der Waals surface area contributed by atoms with Crippen LogP contribution in [-0.4, -0.2) is 55.5 Å². The molecule has 22 heavy (non-hydrogen) atoms. The van der Waals surface area contributed by atoms with E-state index in [1.165, 1.54) is 11.3 Å². The van der Waals surface area contributed by atoms with Gasteiger partial charge in [0.1, 0.15) is 0 Å². The van der Waals surface area contributed by atoms with Crippen LogP contribution < -0.4 is 4.90 Å². The van der Waals surface area contributed by atoms with Crippen LogP contribution in [-0.2, 0) is 11.3 Å². The second-order valence-electron chi connectivity index (χ2n) is 6.93. The van der Waals surface area contributed by atoms with Gasteiger partial charge in [-0.15, -0.1) is 0 Å². The van der Waals surface area contributed by atoms with Crippen LogP contribution in [0.2, 0.25) is 0 Å². The van der Waals surface area contributed by atoms with Gasteiger partial charge < -0.3 is 14.7 Å². The van der Waals surface area contributed by atoms with Gasteiger partial charge in [-0.1, -0.05) is 18.2 Å². The van der Waals surface area contributed by atoms with Crippen LogP contribution >= 0.6 is 0 Å². The molecule has 3 rings (SSSR count). The summed E-state index contributed by atoms with van der Waals surface area (Å²) in [6, 6.07) is 8.70. The van der Waals surface area contributed by atoms with Crippen molar-refractivity contribution in [1.82, 2.24) is 9.80 Å². The summed E-state index contributed by atoms with van der Waals surface area (Å²) >= 11 is 0.